The second-order valence-corrected chi connectivity index (χ2v) is 7.29. The van der Waals surface area contributed by atoms with Crippen molar-refractivity contribution in [2.75, 3.05) is 6.61 Å². The van der Waals surface area contributed by atoms with E-state index in [9.17, 15) is 5.11 Å². The largest absolute Gasteiger partial charge is 0.507 e. The molecular weight excluding hydrogens is 406 g/mol. The molecule has 0 atom stereocenters. The lowest BCUT2D eigenvalue weighted by atomic mass is 10.1. The van der Waals surface area contributed by atoms with Gasteiger partial charge < -0.3 is 19.0 Å². The van der Waals surface area contributed by atoms with E-state index in [1.807, 2.05) is 20.8 Å². The maximum absolute atomic E-state index is 10.0. The fourth-order valence-electron chi connectivity index (χ4n) is 2.96. The van der Waals surface area contributed by atoms with Crippen LogP contribution in [0.2, 0.25) is 5.02 Å². The van der Waals surface area contributed by atoms with Crippen LogP contribution in [0.15, 0.2) is 40.8 Å². The maximum atomic E-state index is 10.0. The lowest BCUT2D eigenvalue weighted by Gasteiger charge is -2.07. The summed E-state index contributed by atoms with van der Waals surface area (Å²) in [5.41, 5.74) is 2.82. The molecule has 2 heterocycles. The van der Waals surface area contributed by atoms with Gasteiger partial charge in [0.2, 0.25) is 5.89 Å². The predicted molar refractivity (Wildman–Crippen MR) is 113 cm³/mol. The molecule has 0 aliphatic rings. The molecule has 8 heteroatoms. The molecule has 0 spiro atoms. The molecule has 0 saturated heterocycles. The Kier molecular flexibility index (Phi) is 5.46. The molecular formula is C22H20ClN3O4. The first kappa shape index (κ1) is 20.0. The molecule has 0 bridgehead atoms. The van der Waals surface area contributed by atoms with Crippen LogP contribution < -0.4 is 9.47 Å². The Morgan fingerprint density at radius 2 is 1.83 bits per heavy atom. The van der Waals surface area contributed by atoms with Crippen molar-refractivity contribution in [2.24, 2.45) is 0 Å². The van der Waals surface area contributed by atoms with Gasteiger partial charge in [0.1, 0.15) is 11.5 Å². The molecule has 0 aliphatic carbocycles. The van der Waals surface area contributed by atoms with Crippen molar-refractivity contribution in [3.8, 4) is 34.8 Å². The number of aromatic hydroxyl groups is 1. The number of phenols is 1. The molecule has 0 aliphatic heterocycles. The summed E-state index contributed by atoms with van der Waals surface area (Å²) in [4.78, 5) is 13.2. The van der Waals surface area contributed by atoms with Gasteiger partial charge in [-0.15, -0.1) is 0 Å². The molecule has 154 valence electrons. The van der Waals surface area contributed by atoms with E-state index in [-0.39, 0.29) is 23.4 Å². The molecule has 0 amide bonds. The van der Waals surface area contributed by atoms with Crippen molar-refractivity contribution in [3.63, 3.8) is 0 Å². The monoisotopic (exact) mass is 425 g/mol. The van der Waals surface area contributed by atoms with E-state index in [1.54, 1.807) is 36.4 Å². The average Bonchev–Trinajstić information content (AvgIpc) is 3.14. The number of fused-ring (bicyclic) bond motifs is 1. The van der Waals surface area contributed by atoms with Gasteiger partial charge in [0.25, 0.3) is 11.6 Å². The van der Waals surface area contributed by atoms with Crippen LogP contribution in [0.4, 0.5) is 0 Å². The van der Waals surface area contributed by atoms with Gasteiger partial charge in [-0.25, -0.2) is 4.98 Å². The number of hydrogen-bond donors (Lipinski definition) is 1. The smallest absolute Gasteiger partial charge is 0.328 e. The van der Waals surface area contributed by atoms with Crippen molar-refractivity contribution in [2.45, 2.75) is 27.2 Å². The third-order valence-electron chi connectivity index (χ3n) is 4.39. The highest BCUT2D eigenvalue weighted by Crippen LogP contribution is 2.34. The third kappa shape index (κ3) is 4.02. The Balaban J connectivity index is 1.79. The SMILES string of the molecule is CCCOc1nc(Oc2cccc(Cl)c2)nc2oc(-c3cc(C)c(O)c(C)c3)nc12. The highest BCUT2D eigenvalue weighted by Gasteiger charge is 2.19. The van der Waals surface area contributed by atoms with E-state index >= 15 is 0 Å². The molecule has 1 N–H and O–H groups in total. The number of oxazole rings is 1. The van der Waals surface area contributed by atoms with Crippen molar-refractivity contribution < 1.29 is 19.0 Å². The molecule has 4 rings (SSSR count). The number of hydrogen-bond acceptors (Lipinski definition) is 7. The first-order valence-corrected chi connectivity index (χ1v) is 9.87. The Hall–Kier alpha value is -3.32. The quantitative estimate of drug-likeness (QED) is 0.414. The van der Waals surface area contributed by atoms with Crippen LogP contribution in [0.5, 0.6) is 23.4 Å². The molecule has 0 radical (unpaired) electrons. The van der Waals surface area contributed by atoms with E-state index in [0.29, 0.717) is 28.8 Å². The number of nitrogens with zero attached hydrogens (tertiary/aromatic N) is 3. The van der Waals surface area contributed by atoms with E-state index in [2.05, 4.69) is 15.0 Å². The molecule has 0 unspecified atom stereocenters. The summed E-state index contributed by atoms with van der Waals surface area (Å²) in [6.45, 7) is 6.10. The second kappa shape index (κ2) is 8.20. The number of aromatic nitrogens is 3. The number of aryl methyl sites for hydroxylation is 2. The third-order valence-corrected chi connectivity index (χ3v) is 4.63. The van der Waals surface area contributed by atoms with Crippen LogP contribution in [0, 0.1) is 13.8 Å². The highest BCUT2D eigenvalue weighted by molar-refractivity contribution is 6.30. The van der Waals surface area contributed by atoms with Crippen LogP contribution in [-0.4, -0.2) is 26.7 Å². The Morgan fingerprint density at radius 3 is 2.53 bits per heavy atom. The minimum Gasteiger partial charge on any atom is -0.507 e. The van der Waals surface area contributed by atoms with Gasteiger partial charge in [0, 0.05) is 10.6 Å². The van der Waals surface area contributed by atoms with Crippen LogP contribution >= 0.6 is 11.6 Å². The summed E-state index contributed by atoms with van der Waals surface area (Å²) < 4.78 is 17.4. The molecule has 0 fully saturated rings. The zero-order valence-electron chi connectivity index (χ0n) is 16.8. The first-order valence-electron chi connectivity index (χ1n) is 9.50. The van der Waals surface area contributed by atoms with Crippen molar-refractivity contribution >= 4 is 22.8 Å². The molecule has 0 saturated carbocycles. The van der Waals surface area contributed by atoms with Crippen molar-refractivity contribution in [1.29, 1.82) is 0 Å². The summed E-state index contributed by atoms with van der Waals surface area (Å²) in [5, 5.41) is 10.6. The molecule has 2 aromatic heterocycles. The first-order chi connectivity index (χ1) is 14.4. The summed E-state index contributed by atoms with van der Waals surface area (Å²) in [6.07, 6.45) is 0.803. The average molecular weight is 426 g/mol. The minimum absolute atomic E-state index is 0.0663. The van der Waals surface area contributed by atoms with Gasteiger partial charge in [0.05, 0.1) is 6.61 Å². The number of ether oxygens (including phenoxy) is 2. The van der Waals surface area contributed by atoms with E-state index in [4.69, 9.17) is 25.5 Å². The topological polar surface area (TPSA) is 90.5 Å². The molecule has 7 nitrogen and oxygen atoms in total. The number of phenolic OH excluding ortho intramolecular Hbond substituents is 1. The molecule has 2 aromatic carbocycles. The van der Waals surface area contributed by atoms with Crippen molar-refractivity contribution in [3.05, 3.63) is 52.5 Å². The van der Waals surface area contributed by atoms with Gasteiger partial charge in [-0.3, -0.25) is 0 Å². The summed E-state index contributed by atoms with van der Waals surface area (Å²) in [7, 11) is 0. The Bertz CT molecular complexity index is 1200. The van der Waals surface area contributed by atoms with E-state index < -0.39 is 0 Å². The van der Waals surface area contributed by atoms with Gasteiger partial charge in [-0.1, -0.05) is 24.6 Å². The van der Waals surface area contributed by atoms with Crippen LogP contribution in [0.25, 0.3) is 22.7 Å². The lowest BCUT2D eigenvalue weighted by molar-refractivity contribution is 0.302. The zero-order valence-corrected chi connectivity index (χ0v) is 17.5. The fourth-order valence-corrected chi connectivity index (χ4v) is 3.14. The summed E-state index contributed by atoms with van der Waals surface area (Å²) in [6, 6.07) is 10.6. The van der Waals surface area contributed by atoms with Gasteiger partial charge >= 0.3 is 6.01 Å². The second-order valence-electron chi connectivity index (χ2n) is 6.85. The van der Waals surface area contributed by atoms with E-state index in [1.165, 1.54) is 0 Å². The number of halogens is 1. The predicted octanol–water partition coefficient (Wildman–Crippen LogP) is 5.84. The van der Waals surface area contributed by atoms with Crippen LogP contribution in [-0.2, 0) is 0 Å². The fraction of sp³-hybridized carbons (Fsp3) is 0.227. The summed E-state index contributed by atoms with van der Waals surface area (Å²) >= 11 is 6.02. The normalized spacial score (nSPS) is 11.1. The Morgan fingerprint density at radius 1 is 1.07 bits per heavy atom. The minimum atomic E-state index is 0.0663. The van der Waals surface area contributed by atoms with E-state index in [0.717, 1.165) is 23.1 Å². The summed E-state index contributed by atoms with van der Waals surface area (Å²) in [5.74, 6) is 1.37. The van der Waals surface area contributed by atoms with Gasteiger partial charge in [0.15, 0.2) is 5.52 Å². The zero-order chi connectivity index (χ0) is 21.3. The highest BCUT2D eigenvalue weighted by atomic mass is 35.5. The molecule has 30 heavy (non-hydrogen) atoms. The Labute approximate surface area is 178 Å². The molecule has 4 aromatic rings. The van der Waals surface area contributed by atoms with Crippen molar-refractivity contribution in [1.82, 2.24) is 15.0 Å². The van der Waals surface area contributed by atoms with Gasteiger partial charge in [-0.2, -0.15) is 9.97 Å². The lowest BCUT2D eigenvalue weighted by Crippen LogP contribution is -2.01. The van der Waals surface area contributed by atoms with Crippen LogP contribution in [0.3, 0.4) is 0 Å². The van der Waals surface area contributed by atoms with Gasteiger partial charge in [-0.05, 0) is 61.7 Å². The maximum Gasteiger partial charge on any atom is 0.328 e. The number of rotatable bonds is 6. The number of benzene rings is 2. The van der Waals surface area contributed by atoms with Crippen LogP contribution in [0.1, 0.15) is 24.5 Å². The standard InChI is InChI=1S/C22H20ClN3O4/c1-4-8-28-20-17-21(26-22(25-20)29-16-7-5-6-15(23)11-16)30-19(24-17)14-9-12(2)18(27)13(3)10-14/h5-7,9-11,27H,4,8H2,1-3H3.